The van der Waals surface area contributed by atoms with Gasteiger partial charge in [0, 0.05) is 54.7 Å². The summed E-state index contributed by atoms with van der Waals surface area (Å²) >= 11 is 6.21. The van der Waals surface area contributed by atoms with Gasteiger partial charge in [0.1, 0.15) is 23.6 Å². The van der Waals surface area contributed by atoms with Gasteiger partial charge in [0.05, 0.1) is 11.0 Å². The van der Waals surface area contributed by atoms with Crippen LogP contribution in [-0.2, 0) is 10.3 Å². The Morgan fingerprint density at radius 1 is 1.18 bits per heavy atom. The molecule has 10 heteroatoms. The molecule has 1 unspecified atom stereocenters. The topological polar surface area (TPSA) is 96.6 Å². The number of ether oxygens (including phenoxy) is 1. The molecule has 0 aliphatic carbocycles. The molecule has 0 bridgehead atoms. The van der Waals surface area contributed by atoms with Crippen molar-refractivity contribution in [3.8, 4) is 5.82 Å². The van der Waals surface area contributed by atoms with E-state index in [0.29, 0.717) is 47.5 Å². The second-order valence-electron chi connectivity index (χ2n) is 10.2. The number of piperazine rings is 1. The van der Waals surface area contributed by atoms with E-state index in [0.717, 1.165) is 5.39 Å². The number of hydrogen-bond donors (Lipinski definition) is 1. The maximum atomic E-state index is 12.6. The van der Waals surface area contributed by atoms with Crippen LogP contribution in [0.15, 0.2) is 30.9 Å². The molecule has 182 valence electrons. The first-order valence-electron chi connectivity index (χ1n) is 11.3. The highest BCUT2D eigenvalue weighted by Crippen LogP contribution is 2.37. The van der Waals surface area contributed by atoms with Crippen molar-refractivity contribution in [1.82, 2.24) is 24.4 Å². The Morgan fingerprint density at radius 3 is 2.53 bits per heavy atom. The van der Waals surface area contributed by atoms with Crippen LogP contribution in [0.1, 0.15) is 47.1 Å². The van der Waals surface area contributed by atoms with Crippen LogP contribution in [0.25, 0.3) is 16.9 Å². The van der Waals surface area contributed by atoms with E-state index in [9.17, 15) is 9.90 Å². The van der Waals surface area contributed by atoms with Gasteiger partial charge in [-0.15, -0.1) is 0 Å². The summed E-state index contributed by atoms with van der Waals surface area (Å²) in [5.41, 5.74) is -0.390. The zero-order valence-electron chi connectivity index (χ0n) is 20.4. The average molecular weight is 487 g/mol. The molecular formula is C24H31ClN6O3. The third kappa shape index (κ3) is 4.81. The summed E-state index contributed by atoms with van der Waals surface area (Å²) in [6.45, 7) is 12.7. The van der Waals surface area contributed by atoms with E-state index in [4.69, 9.17) is 16.3 Å². The Hall–Kier alpha value is -2.91. The molecular weight excluding hydrogens is 456 g/mol. The van der Waals surface area contributed by atoms with Gasteiger partial charge in [-0.05, 0) is 47.6 Å². The van der Waals surface area contributed by atoms with Crippen molar-refractivity contribution in [2.75, 3.05) is 24.5 Å². The highest BCUT2D eigenvalue weighted by atomic mass is 35.5. The van der Waals surface area contributed by atoms with Crippen molar-refractivity contribution in [2.45, 2.75) is 58.8 Å². The molecule has 34 heavy (non-hydrogen) atoms. The third-order valence-corrected chi connectivity index (χ3v) is 5.96. The largest absolute Gasteiger partial charge is 0.444 e. The first-order valence-corrected chi connectivity index (χ1v) is 11.7. The molecule has 9 nitrogen and oxygen atoms in total. The van der Waals surface area contributed by atoms with E-state index in [1.165, 1.54) is 6.33 Å². The molecule has 1 N–H and O–H groups in total. The molecule has 4 rings (SSSR count). The van der Waals surface area contributed by atoms with Crippen molar-refractivity contribution in [1.29, 1.82) is 0 Å². The lowest BCUT2D eigenvalue weighted by molar-refractivity contribution is 0.0218. The molecule has 0 radical (unpaired) electrons. The maximum absolute atomic E-state index is 12.6. The Morgan fingerprint density at radius 2 is 1.91 bits per heavy atom. The predicted octanol–water partition coefficient (Wildman–Crippen LogP) is 4.14. The Bertz CT molecular complexity index is 1210. The van der Waals surface area contributed by atoms with Gasteiger partial charge in [-0.1, -0.05) is 11.6 Å². The molecule has 1 aliphatic heterocycles. The molecule has 1 atom stereocenters. The standard InChI is InChI=1S/C24H31ClN6O3/c1-15-12-29(22(32)34-23(2,3)4)9-10-30(15)20-19-17(24(5,6)33)13-31(21(19)28-14-27-20)18-11-16(25)7-8-26-18/h7-8,11,13-15,33H,9-10,12H2,1-6H3. The van der Waals surface area contributed by atoms with Gasteiger partial charge in [-0.3, -0.25) is 4.57 Å². The number of pyridine rings is 1. The first kappa shape index (κ1) is 24.2. The number of anilines is 1. The van der Waals surface area contributed by atoms with Gasteiger partial charge in [-0.2, -0.15) is 0 Å². The average Bonchev–Trinajstić information content (AvgIpc) is 3.13. The third-order valence-electron chi connectivity index (χ3n) is 5.73. The lowest BCUT2D eigenvalue weighted by Crippen LogP contribution is -2.55. The highest BCUT2D eigenvalue weighted by molar-refractivity contribution is 6.30. The zero-order valence-corrected chi connectivity index (χ0v) is 21.2. The van der Waals surface area contributed by atoms with Crippen molar-refractivity contribution in [3.63, 3.8) is 0 Å². The van der Waals surface area contributed by atoms with E-state index >= 15 is 0 Å². The van der Waals surface area contributed by atoms with Gasteiger partial charge in [0.2, 0.25) is 0 Å². The lowest BCUT2D eigenvalue weighted by Gasteiger charge is -2.41. The minimum Gasteiger partial charge on any atom is -0.444 e. The fraction of sp³-hybridized carbons (Fsp3) is 0.500. The number of carbonyl (C=O) groups is 1. The van der Waals surface area contributed by atoms with E-state index < -0.39 is 11.2 Å². The van der Waals surface area contributed by atoms with Gasteiger partial charge >= 0.3 is 6.09 Å². The maximum Gasteiger partial charge on any atom is 0.410 e. The number of halogens is 1. The van der Waals surface area contributed by atoms with E-state index in [-0.39, 0.29) is 12.1 Å². The van der Waals surface area contributed by atoms with E-state index in [2.05, 4.69) is 19.9 Å². The summed E-state index contributed by atoms with van der Waals surface area (Å²) in [5, 5.41) is 12.3. The van der Waals surface area contributed by atoms with Crippen LogP contribution >= 0.6 is 11.6 Å². The molecule has 0 spiro atoms. The van der Waals surface area contributed by atoms with Crippen LogP contribution in [-0.4, -0.2) is 66.9 Å². The Labute approximate surface area is 204 Å². The minimum atomic E-state index is -1.15. The highest BCUT2D eigenvalue weighted by Gasteiger charge is 2.34. The summed E-state index contributed by atoms with van der Waals surface area (Å²) in [6, 6.07) is 3.43. The number of aromatic nitrogens is 4. The smallest absolute Gasteiger partial charge is 0.410 e. The molecule has 3 aromatic heterocycles. The zero-order chi connectivity index (χ0) is 24.8. The number of fused-ring (bicyclic) bond motifs is 1. The monoisotopic (exact) mass is 486 g/mol. The fourth-order valence-corrected chi connectivity index (χ4v) is 4.35. The molecule has 1 amide bonds. The van der Waals surface area contributed by atoms with Crippen molar-refractivity contribution < 1.29 is 14.6 Å². The minimum absolute atomic E-state index is 0.0262. The molecule has 1 aliphatic rings. The summed E-state index contributed by atoms with van der Waals surface area (Å²) in [4.78, 5) is 30.1. The van der Waals surface area contributed by atoms with Crippen molar-refractivity contribution >= 4 is 34.5 Å². The van der Waals surface area contributed by atoms with Gasteiger partial charge in [0.15, 0.2) is 5.65 Å². The quantitative estimate of drug-likeness (QED) is 0.594. The summed E-state index contributed by atoms with van der Waals surface area (Å²) in [5.74, 6) is 1.31. The second-order valence-corrected chi connectivity index (χ2v) is 10.6. The van der Waals surface area contributed by atoms with E-state index in [1.54, 1.807) is 37.1 Å². The molecule has 3 aromatic rings. The normalized spacial score (nSPS) is 17.4. The van der Waals surface area contributed by atoms with Crippen LogP contribution in [0.5, 0.6) is 0 Å². The van der Waals surface area contributed by atoms with Gasteiger partial charge in [0.25, 0.3) is 0 Å². The summed E-state index contributed by atoms with van der Waals surface area (Å²) in [6.07, 6.45) is 4.67. The van der Waals surface area contributed by atoms with Crippen LogP contribution < -0.4 is 4.90 Å². The number of rotatable bonds is 3. The Balaban J connectivity index is 1.75. The number of amides is 1. The van der Waals surface area contributed by atoms with Gasteiger partial charge in [-0.25, -0.2) is 19.7 Å². The van der Waals surface area contributed by atoms with Crippen molar-refractivity contribution in [3.05, 3.63) is 41.4 Å². The van der Waals surface area contributed by atoms with Crippen molar-refractivity contribution in [2.24, 2.45) is 0 Å². The van der Waals surface area contributed by atoms with Crippen LogP contribution in [0.2, 0.25) is 5.02 Å². The Kier molecular flexibility index (Phi) is 6.20. The van der Waals surface area contributed by atoms with Crippen LogP contribution in [0.4, 0.5) is 10.6 Å². The molecule has 0 aromatic carbocycles. The number of aliphatic hydroxyl groups is 1. The predicted molar refractivity (Wildman–Crippen MR) is 132 cm³/mol. The molecule has 4 heterocycles. The summed E-state index contributed by atoms with van der Waals surface area (Å²) in [7, 11) is 0. The molecule has 1 fully saturated rings. The number of hydrogen-bond acceptors (Lipinski definition) is 7. The fourth-order valence-electron chi connectivity index (χ4n) is 4.19. The molecule has 0 saturated carbocycles. The number of carbonyl (C=O) groups excluding carboxylic acids is 1. The molecule has 1 saturated heterocycles. The SMILES string of the molecule is CC1CN(C(=O)OC(C)(C)C)CCN1c1ncnc2c1c(C(C)(C)O)cn2-c1cc(Cl)ccn1. The van der Waals surface area contributed by atoms with E-state index in [1.807, 2.05) is 38.5 Å². The van der Waals surface area contributed by atoms with Crippen LogP contribution in [0.3, 0.4) is 0 Å². The summed E-state index contributed by atoms with van der Waals surface area (Å²) < 4.78 is 7.37. The first-order chi connectivity index (χ1) is 15.8. The second kappa shape index (κ2) is 8.70. The van der Waals surface area contributed by atoms with Gasteiger partial charge < -0.3 is 19.6 Å². The number of nitrogens with zero attached hydrogens (tertiary/aromatic N) is 6. The van der Waals surface area contributed by atoms with Crippen LogP contribution in [0, 0.1) is 0 Å². The lowest BCUT2D eigenvalue weighted by atomic mass is 9.98.